The first kappa shape index (κ1) is 18.7. The average Bonchev–Trinajstić information content (AvgIpc) is 3.58. The Morgan fingerprint density at radius 2 is 1.97 bits per heavy atom. The molecule has 0 spiro atoms. The van der Waals surface area contributed by atoms with E-state index in [-0.39, 0.29) is 18.5 Å². The van der Waals surface area contributed by atoms with Crippen molar-refractivity contribution in [3.63, 3.8) is 0 Å². The van der Waals surface area contributed by atoms with Gasteiger partial charge in [0.15, 0.2) is 0 Å². The van der Waals surface area contributed by atoms with Crippen LogP contribution in [0.25, 0.3) is 5.69 Å². The zero-order chi connectivity index (χ0) is 20.3. The van der Waals surface area contributed by atoms with Crippen LogP contribution in [0.3, 0.4) is 0 Å². The lowest BCUT2D eigenvalue weighted by Crippen LogP contribution is -2.32. The van der Waals surface area contributed by atoms with Crippen molar-refractivity contribution in [3.8, 4) is 5.69 Å². The van der Waals surface area contributed by atoms with Crippen molar-refractivity contribution in [1.82, 2.24) is 19.8 Å². The smallest absolute Gasteiger partial charge is 0.262 e. The summed E-state index contributed by atoms with van der Waals surface area (Å²) in [5.74, 6) is -0.0756. The number of carbonyl (C=O) groups excluding carboxylic acids is 1. The fourth-order valence-corrected chi connectivity index (χ4v) is 4.97. The number of anilines is 1. The van der Waals surface area contributed by atoms with Crippen LogP contribution in [0.2, 0.25) is 0 Å². The number of nitrogens with one attached hydrogen (secondary N) is 1. The van der Waals surface area contributed by atoms with E-state index in [2.05, 4.69) is 27.5 Å². The molecule has 1 atom stereocenters. The molecule has 3 aromatic heterocycles. The van der Waals surface area contributed by atoms with E-state index < -0.39 is 0 Å². The Balaban J connectivity index is 1.37. The van der Waals surface area contributed by atoms with E-state index in [0.717, 1.165) is 33.3 Å². The number of amides is 1. The van der Waals surface area contributed by atoms with Crippen LogP contribution in [0.15, 0.2) is 77.0 Å². The van der Waals surface area contributed by atoms with Gasteiger partial charge < -0.3 is 5.32 Å². The number of para-hydroxylation sites is 2. The van der Waals surface area contributed by atoms with Gasteiger partial charge in [-0.3, -0.25) is 4.79 Å². The maximum Gasteiger partial charge on any atom is 0.262 e. The van der Waals surface area contributed by atoms with E-state index in [1.165, 1.54) is 6.33 Å². The lowest BCUT2D eigenvalue weighted by Gasteiger charge is -2.21. The summed E-state index contributed by atoms with van der Waals surface area (Å²) in [7, 11) is 0. The normalized spacial score (nSPS) is 15.9. The minimum absolute atomic E-state index is 0.0676. The van der Waals surface area contributed by atoms with E-state index in [1.54, 1.807) is 38.7 Å². The molecule has 0 saturated carbocycles. The number of hydrazone groups is 1. The zero-order valence-corrected chi connectivity index (χ0v) is 17.5. The largest absolute Gasteiger partial charge is 0.374 e. The first-order valence-corrected chi connectivity index (χ1v) is 11.2. The van der Waals surface area contributed by atoms with Gasteiger partial charge in [-0.1, -0.05) is 24.3 Å². The third kappa shape index (κ3) is 3.64. The highest BCUT2D eigenvalue weighted by Gasteiger charge is 2.33. The predicted octanol–water partition coefficient (Wildman–Crippen LogP) is 4.18. The summed E-state index contributed by atoms with van der Waals surface area (Å²) in [4.78, 5) is 19.4. The molecular formula is C21H18N6OS2. The van der Waals surface area contributed by atoms with Crippen LogP contribution in [-0.4, -0.2) is 37.9 Å². The Hall–Kier alpha value is -3.30. The van der Waals surface area contributed by atoms with Crippen molar-refractivity contribution in [2.45, 2.75) is 12.5 Å². The van der Waals surface area contributed by atoms with Gasteiger partial charge in [-0.2, -0.15) is 10.2 Å². The fraction of sp³-hybridized carbons (Fsp3) is 0.143. The highest BCUT2D eigenvalue weighted by atomic mass is 32.1. The van der Waals surface area contributed by atoms with Gasteiger partial charge in [0.05, 0.1) is 34.6 Å². The molecule has 9 heteroatoms. The molecular weight excluding hydrogens is 416 g/mol. The van der Waals surface area contributed by atoms with Gasteiger partial charge in [-0.25, -0.2) is 14.7 Å². The molecule has 1 N–H and O–H groups in total. The van der Waals surface area contributed by atoms with Crippen LogP contribution in [0.1, 0.15) is 22.2 Å². The first-order chi connectivity index (χ1) is 14.8. The minimum atomic E-state index is -0.0756. The van der Waals surface area contributed by atoms with Gasteiger partial charge in [0.2, 0.25) is 0 Å². The lowest BCUT2D eigenvalue weighted by atomic mass is 10.1. The molecule has 0 fully saturated rings. The van der Waals surface area contributed by atoms with Crippen LogP contribution < -0.4 is 5.32 Å². The van der Waals surface area contributed by atoms with Crippen LogP contribution in [0.5, 0.6) is 0 Å². The average molecular weight is 435 g/mol. The Labute approximate surface area is 181 Å². The van der Waals surface area contributed by atoms with E-state index in [9.17, 15) is 4.79 Å². The predicted molar refractivity (Wildman–Crippen MR) is 119 cm³/mol. The standard InChI is InChI=1S/C21H18N6OS2/c28-21(12-23-15-5-1-2-6-17(15)26-14-22-13-24-26)27-18(20-8-4-10-30-20)11-16(25-27)19-7-3-9-29-19/h1-10,13-14,18,23H,11-12H2/t18-/m1/s1. The maximum absolute atomic E-state index is 13.2. The Bertz CT molecular complexity index is 1150. The molecule has 4 aromatic rings. The second-order valence-electron chi connectivity index (χ2n) is 6.71. The number of benzene rings is 1. The minimum Gasteiger partial charge on any atom is -0.374 e. The van der Waals surface area contributed by atoms with Crippen molar-refractivity contribution in [2.75, 3.05) is 11.9 Å². The number of hydrogen-bond acceptors (Lipinski definition) is 7. The molecule has 150 valence electrons. The number of thiophene rings is 2. The van der Waals surface area contributed by atoms with Crippen molar-refractivity contribution in [1.29, 1.82) is 0 Å². The Morgan fingerprint density at radius 3 is 2.73 bits per heavy atom. The van der Waals surface area contributed by atoms with Crippen LogP contribution in [0.4, 0.5) is 5.69 Å². The third-order valence-corrected chi connectivity index (χ3v) is 6.74. The maximum atomic E-state index is 13.2. The summed E-state index contributed by atoms with van der Waals surface area (Å²) in [6, 6.07) is 15.8. The highest BCUT2D eigenvalue weighted by Crippen LogP contribution is 2.36. The molecule has 0 aliphatic carbocycles. The second kappa shape index (κ2) is 8.21. The van der Waals surface area contributed by atoms with Crippen LogP contribution in [0, 0.1) is 0 Å². The number of carbonyl (C=O) groups is 1. The zero-order valence-electron chi connectivity index (χ0n) is 15.9. The molecule has 1 aliphatic rings. The number of aromatic nitrogens is 3. The van der Waals surface area contributed by atoms with Crippen molar-refractivity contribution in [2.24, 2.45) is 5.10 Å². The quantitative estimate of drug-likeness (QED) is 0.494. The summed E-state index contributed by atoms with van der Waals surface area (Å²) in [6.45, 7) is 0.134. The number of nitrogens with zero attached hydrogens (tertiary/aromatic N) is 5. The summed E-state index contributed by atoms with van der Waals surface area (Å²) >= 11 is 3.30. The summed E-state index contributed by atoms with van der Waals surface area (Å²) < 4.78 is 1.67. The van der Waals surface area contributed by atoms with E-state index in [1.807, 2.05) is 47.2 Å². The molecule has 1 aliphatic heterocycles. The molecule has 0 unspecified atom stereocenters. The first-order valence-electron chi connectivity index (χ1n) is 9.44. The highest BCUT2D eigenvalue weighted by molar-refractivity contribution is 7.12. The Kier molecular flexibility index (Phi) is 5.12. The van der Waals surface area contributed by atoms with Gasteiger partial charge in [0, 0.05) is 11.3 Å². The van der Waals surface area contributed by atoms with Gasteiger partial charge in [-0.15, -0.1) is 22.7 Å². The molecule has 1 amide bonds. The molecule has 0 saturated heterocycles. The molecule has 5 rings (SSSR count). The van der Waals surface area contributed by atoms with Crippen molar-refractivity contribution >= 4 is 40.0 Å². The molecule has 0 radical (unpaired) electrons. The van der Waals surface area contributed by atoms with Crippen molar-refractivity contribution < 1.29 is 4.79 Å². The molecule has 4 heterocycles. The Morgan fingerprint density at radius 1 is 1.10 bits per heavy atom. The molecule has 1 aromatic carbocycles. The third-order valence-electron chi connectivity index (χ3n) is 4.84. The number of rotatable bonds is 6. The SMILES string of the molecule is O=C(CNc1ccccc1-n1cncn1)N1N=C(c2cccs2)C[C@@H]1c1cccs1. The number of hydrogen-bond donors (Lipinski definition) is 1. The monoisotopic (exact) mass is 434 g/mol. The summed E-state index contributed by atoms with van der Waals surface area (Å²) in [5, 5.41) is 17.8. The van der Waals surface area contributed by atoms with Crippen LogP contribution in [-0.2, 0) is 4.79 Å². The summed E-state index contributed by atoms with van der Waals surface area (Å²) in [5.41, 5.74) is 2.60. The van der Waals surface area contributed by atoms with E-state index >= 15 is 0 Å². The topological polar surface area (TPSA) is 75.4 Å². The second-order valence-corrected chi connectivity index (χ2v) is 8.64. The van der Waals surface area contributed by atoms with Gasteiger partial charge in [0.1, 0.15) is 12.7 Å². The van der Waals surface area contributed by atoms with Crippen molar-refractivity contribution in [3.05, 3.63) is 81.7 Å². The molecule has 30 heavy (non-hydrogen) atoms. The van der Waals surface area contributed by atoms with Crippen LogP contribution >= 0.6 is 22.7 Å². The van der Waals surface area contributed by atoms with Gasteiger partial charge in [-0.05, 0) is 35.0 Å². The van der Waals surface area contributed by atoms with Gasteiger partial charge in [0.25, 0.3) is 5.91 Å². The fourth-order valence-electron chi connectivity index (χ4n) is 3.44. The molecule has 7 nitrogen and oxygen atoms in total. The van der Waals surface area contributed by atoms with Gasteiger partial charge >= 0.3 is 0 Å². The van der Waals surface area contributed by atoms with E-state index in [0.29, 0.717) is 0 Å². The summed E-state index contributed by atoms with van der Waals surface area (Å²) in [6.07, 6.45) is 3.84. The molecule has 0 bridgehead atoms. The lowest BCUT2D eigenvalue weighted by molar-refractivity contribution is -0.131. The van der Waals surface area contributed by atoms with E-state index in [4.69, 9.17) is 5.10 Å².